The molecule has 0 saturated heterocycles. The van der Waals surface area contributed by atoms with Gasteiger partial charge in [-0.05, 0) is 47.3 Å². The number of fused-ring (bicyclic) bond motifs is 1. The summed E-state index contributed by atoms with van der Waals surface area (Å²) >= 11 is 0.877. The number of rotatable bonds is 4. The van der Waals surface area contributed by atoms with E-state index in [-0.39, 0.29) is 5.56 Å². The van der Waals surface area contributed by atoms with Crippen LogP contribution in [-0.2, 0) is 6.42 Å². The standard InChI is InChI=1S/C16H13F4NOS.C2H6/c17-12-4-1-11(2-5-12)15(16(18,19)20)21-23-13-6-3-10-7-8-22-14(10)9-13;1-2/h1-6,9,15,21H,7-8H2;1-2H3. The molecule has 0 aromatic heterocycles. The van der Waals surface area contributed by atoms with Crippen molar-refractivity contribution in [1.29, 1.82) is 0 Å². The van der Waals surface area contributed by atoms with E-state index in [2.05, 4.69) is 4.72 Å². The molecule has 0 fully saturated rings. The van der Waals surface area contributed by atoms with Gasteiger partial charge in [0.1, 0.15) is 17.6 Å². The Balaban J connectivity index is 0.00000109. The smallest absolute Gasteiger partial charge is 0.408 e. The lowest BCUT2D eigenvalue weighted by molar-refractivity contribution is -0.152. The second kappa shape index (κ2) is 8.58. The number of hydrogen-bond acceptors (Lipinski definition) is 3. The third-order valence-corrected chi connectivity index (χ3v) is 4.34. The first-order chi connectivity index (χ1) is 11.9. The Labute approximate surface area is 148 Å². The fourth-order valence-electron chi connectivity index (χ4n) is 2.32. The average molecular weight is 373 g/mol. The summed E-state index contributed by atoms with van der Waals surface area (Å²) in [4.78, 5) is 0.627. The molecule has 0 saturated carbocycles. The van der Waals surface area contributed by atoms with Crippen LogP contribution in [0.25, 0.3) is 0 Å². The molecule has 3 rings (SSSR count). The van der Waals surface area contributed by atoms with Gasteiger partial charge in [0.25, 0.3) is 0 Å². The summed E-state index contributed by atoms with van der Waals surface area (Å²) in [6.07, 6.45) is -3.67. The second-order valence-corrected chi connectivity index (χ2v) is 6.03. The highest BCUT2D eigenvalue weighted by Gasteiger charge is 2.40. The van der Waals surface area contributed by atoms with Gasteiger partial charge in [0, 0.05) is 11.3 Å². The first kappa shape index (κ1) is 19.6. The molecule has 1 aliphatic heterocycles. The lowest BCUT2D eigenvalue weighted by atomic mass is 10.1. The average Bonchev–Trinajstić information content (AvgIpc) is 3.05. The van der Waals surface area contributed by atoms with E-state index in [9.17, 15) is 17.6 Å². The SMILES string of the molecule is CC.Fc1ccc(C(NSc2ccc3c(c2)OCC3)C(F)(F)F)cc1. The van der Waals surface area contributed by atoms with Gasteiger partial charge >= 0.3 is 6.18 Å². The van der Waals surface area contributed by atoms with Crippen molar-refractivity contribution in [2.75, 3.05) is 6.61 Å². The summed E-state index contributed by atoms with van der Waals surface area (Å²) in [5.74, 6) is 0.139. The van der Waals surface area contributed by atoms with Crippen molar-refractivity contribution in [3.05, 3.63) is 59.4 Å². The van der Waals surface area contributed by atoms with E-state index in [0.717, 1.165) is 48.2 Å². The molecule has 1 heterocycles. The molecule has 2 aromatic carbocycles. The number of alkyl halides is 3. The molecule has 1 atom stereocenters. The maximum absolute atomic E-state index is 13.2. The molecule has 0 radical (unpaired) electrons. The monoisotopic (exact) mass is 373 g/mol. The zero-order chi connectivity index (χ0) is 18.4. The van der Waals surface area contributed by atoms with Gasteiger partial charge in [-0.2, -0.15) is 13.2 Å². The van der Waals surface area contributed by atoms with E-state index in [1.807, 2.05) is 19.9 Å². The van der Waals surface area contributed by atoms with Crippen LogP contribution < -0.4 is 9.46 Å². The minimum absolute atomic E-state index is 0.0381. The highest BCUT2D eigenvalue weighted by molar-refractivity contribution is 7.97. The van der Waals surface area contributed by atoms with Crippen molar-refractivity contribution >= 4 is 11.9 Å². The van der Waals surface area contributed by atoms with E-state index in [4.69, 9.17) is 4.74 Å². The fraction of sp³-hybridized carbons (Fsp3) is 0.333. The van der Waals surface area contributed by atoms with Crippen molar-refractivity contribution < 1.29 is 22.3 Å². The van der Waals surface area contributed by atoms with E-state index < -0.39 is 18.0 Å². The quantitative estimate of drug-likeness (QED) is 0.550. The highest BCUT2D eigenvalue weighted by atomic mass is 32.2. The van der Waals surface area contributed by atoms with Gasteiger partial charge in [0.05, 0.1) is 6.61 Å². The van der Waals surface area contributed by atoms with Crippen LogP contribution in [0.2, 0.25) is 0 Å². The maximum Gasteiger partial charge on any atom is 0.408 e. The molecule has 0 spiro atoms. The Morgan fingerprint density at radius 1 is 1.08 bits per heavy atom. The van der Waals surface area contributed by atoms with Gasteiger partial charge < -0.3 is 4.74 Å². The Bertz CT molecular complexity index is 688. The van der Waals surface area contributed by atoms with Crippen LogP contribution in [0.1, 0.15) is 31.0 Å². The molecule has 0 amide bonds. The number of nitrogens with one attached hydrogen (secondary N) is 1. The van der Waals surface area contributed by atoms with Crippen LogP contribution in [-0.4, -0.2) is 12.8 Å². The molecule has 2 aromatic rings. The van der Waals surface area contributed by atoms with E-state index >= 15 is 0 Å². The largest absolute Gasteiger partial charge is 0.493 e. The van der Waals surface area contributed by atoms with E-state index in [1.54, 1.807) is 12.1 Å². The summed E-state index contributed by atoms with van der Waals surface area (Å²) in [5.41, 5.74) is 1.02. The minimum atomic E-state index is -4.49. The predicted octanol–water partition coefficient (Wildman–Crippen LogP) is 5.69. The Morgan fingerprint density at radius 3 is 2.40 bits per heavy atom. The third-order valence-electron chi connectivity index (χ3n) is 3.49. The zero-order valence-corrected chi connectivity index (χ0v) is 14.7. The molecule has 1 N–H and O–H groups in total. The van der Waals surface area contributed by atoms with Crippen molar-refractivity contribution in [2.45, 2.75) is 37.4 Å². The zero-order valence-electron chi connectivity index (χ0n) is 13.9. The van der Waals surface area contributed by atoms with Crippen molar-refractivity contribution in [3.63, 3.8) is 0 Å². The number of hydrogen-bond donors (Lipinski definition) is 1. The molecule has 7 heteroatoms. The molecule has 136 valence electrons. The molecule has 0 aliphatic carbocycles. The normalized spacial score (nSPS) is 14.2. The van der Waals surface area contributed by atoms with Crippen LogP contribution in [0.3, 0.4) is 0 Å². The first-order valence-electron chi connectivity index (χ1n) is 7.94. The number of halogens is 4. The number of benzene rings is 2. The predicted molar refractivity (Wildman–Crippen MR) is 91.2 cm³/mol. The van der Waals surface area contributed by atoms with E-state index in [1.165, 1.54) is 0 Å². The minimum Gasteiger partial charge on any atom is -0.493 e. The molecule has 2 nitrogen and oxygen atoms in total. The summed E-state index contributed by atoms with van der Waals surface area (Å²) in [6, 6.07) is 7.74. The lowest BCUT2D eigenvalue weighted by Gasteiger charge is -2.21. The number of ether oxygens (including phenoxy) is 1. The fourth-order valence-corrected chi connectivity index (χ4v) is 3.14. The summed E-state index contributed by atoms with van der Waals surface area (Å²) < 4.78 is 60.4. The summed E-state index contributed by atoms with van der Waals surface area (Å²) in [5, 5.41) is 0. The molecule has 1 aliphatic rings. The molecule has 0 bridgehead atoms. The van der Waals surface area contributed by atoms with Gasteiger partial charge in [-0.1, -0.05) is 32.0 Å². The van der Waals surface area contributed by atoms with Gasteiger partial charge in [0.15, 0.2) is 0 Å². The molecule has 25 heavy (non-hydrogen) atoms. The van der Waals surface area contributed by atoms with Gasteiger partial charge in [0.2, 0.25) is 0 Å². The van der Waals surface area contributed by atoms with Crippen LogP contribution in [0.4, 0.5) is 17.6 Å². The van der Waals surface area contributed by atoms with Gasteiger partial charge in [-0.25, -0.2) is 9.11 Å². The summed E-state index contributed by atoms with van der Waals surface area (Å²) in [6.45, 7) is 4.59. The van der Waals surface area contributed by atoms with Crippen molar-refractivity contribution in [3.8, 4) is 5.75 Å². The third kappa shape index (κ3) is 5.12. The molecular formula is C18H19F4NOS. The summed E-state index contributed by atoms with van der Waals surface area (Å²) in [7, 11) is 0. The van der Waals surface area contributed by atoms with Crippen LogP contribution in [0.15, 0.2) is 47.4 Å². The highest BCUT2D eigenvalue weighted by Crippen LogP contribution is 2.36. The van der Waals surface area contributed by atoms with E-state index in [0.29, 0.717) is 17.3 Å². The molecule has 1 unspecified atom stereocenters. The first-order valence-corrected chi connectivity index (χ1v) is 8.75. The molecular weight excluding hydrogens is 354 g/mol. The van der Waals surface area contributed by atoms with Crippen LogP contribution in [0.5, 0.6) is 5.75 Å². The van der Waals surface area contributed by atoms with Gasteiger partial charge in [-0.3, -0.25) is 0 Å². The van der Waals surface area contributed by atoms with Gasteiger partial charge in [-0.15, -0.1) is 0 Å². The Morgan fingerprint density at radius 2 is 1.76 bits per heavy atom. The van der Waals surface area contributed by atoms with Crippen LogP contribution >= 0.6 is 11.9 Å². The lowest BCUT2D eigenvalue weighted by Crippen LogP contribution is -2.30. The second-order valence-electron chi connectivity index (χ2n) is 5.11. The Hall–Kier alpha value is -1.73. The topological polar surface area (TPSA) is 21.3 Å². The Kier molecular flexibility index (Phi) is 6.72. The van der Waals surface area contributed by atoms with Crippen molar-refractivity contribution in [2.24, 2.45) is 0 Å². The maximum atomic E-state index is 13.2. The van der Waals surface area contributed by atoms with Crippen LogP contribution in [0, 0.1) is 5.82 Å². The van der Waals surface area contributed by atoms with Crippen molar-refractivity contribution in [1.82, 2.24) is 4.72 Å².